The quantitative estimate of drug-likeness (QED) is 0.411. The molecule has 6 heteroatoms. The van der Waals surface area contributed by atoms with Gasteiger partial charge in [-0.25, -0.2) is 4.79 Å². The molecule has 0 saturated heterocycles. The maximum Gasteiger partial charge on any atom is 0.312 e. The average molecular weight is 527 g/mol. The molecule has 6 nitrogen and oxygen atoms in total. The number of ether oxygens (including phenoxy) is 1. The number of hydrogen-bond donors (Lipinski definition) is 2. The number of carbonyl (C=O) groups is 3. The third kappa shape index (κ3) is 3.67. The lowest BCUT2D eigenvalue weighted by molar-refractivity contribution is -0.184. The Morgan fingerprint density at radius 1 is 0.947 bits per heavy atom. The minimum atomic E-state index is -0.475. The number of ketones is 1. The van der Waals surface area contributed by atoms with Crippen molar-refractivity contribution >= 4 is 17.8 Å². The third-order valence-corrected chi connectivity index (χ3v) is 13.3. The second kappa shape index (κ2) is 8.33. The van der Waals surface area contributed by atoms with E-state index in [1.54, 1.807) is 0 Å². The standard InChI is InChI=1S/C32H50N2O4/c1-19(35)38-24-10-11-30(6)22(27(24,2)3)9-12-31(7)23(30)17-21(36)25-20-18-29(5,34-26(33)37)15-13-28(20,4)14-16-32(25,31)8/h17,20,22,24-25H,9-16,18H2,1-8H3,(H3,33,34,37)/t20-,22-,24-,25+,28+,29-,30-,31+,32+/m0/s1. The molecule has 5 aliphatic rings. The molecule has 0 bridgehead atoms. The summed E-state index contributed by atoms with van der Waals surface area (Å²) in [5.41, 5.74) is 6.23. The molecule has 38 heavy (non-hydrogen) atoms. The number of urea groups is 1. The van der Waals surface area contributed by atoms with E-state index in [-0.39, 0.29) is 56.5 Å². The van der Waals surface area contributed by atoms with Crippen LogP contribution in [0.4, 0.5) is 4.79 Å². The molecule has 0 aromatic rings. The smallest absolute Gasteiger partial charge is 0.312 e. The number of amides is 2. The molecular weight excluding hydrogens is 476 g/mol. The van der Waals surface area contributed by atoms with Gasteiger partial charge in [0.25, 0.3) is 0 Å². The van der Waals surface area contributed by atoms with Crippen LogP contribution in [0.1, 0.15) is 113 Å². The van der Waals surface area contributed by atoms with Crippen LogP contribution in [0, 0.1) is 44.8 Å². The van der Waals surface area contributed by atoms with E-state index < -0.39 is 6.03 Å². The summed E-state index contributed by atoms with van der Waals surface area (Å²) in [6.07, 6.45) is 10.8. The van der Waals surface area contributed by atoms with Crippen molar-refractivity contribution in [2.24, 2.45) is 50.6 Å². The van der Waals surface area contributed by atoms with Gasteiger partial charge in [-0.1, -0.05) is 47.1 Å². The van der Waals surface area contributed by atoms with Crippen LogP contribution < -0.4 is 11.1 Å². The highest BCUT2D eigenvalue weighted by Gasteiger charge is 2.69. The van der Waals surface area contributed by atoms with Crippen molar-refractivity contribution in [3.8, 4) is 0 Å². The predicted molar refractivity (Wildman–Crippen MR) is 148 cm³/mol. The summed E-state index contributed by atoms with van der Waals surface area (Å²) in [5.74, 6) is 0.615. The maximum absolute atomic E-state index is 14.4. The second-order valence-electron chi connectivity index (χ2n) is 15.7. The summed E-state index contributed by atoms with van der Waals surface area (Å²) in [7, 11) is 0. The van der Waals surface area contributed by atoms with Crippen LogP contribution in [-0.2, 0) is 14.3 Å². The van der Waals surface area contributed by atoms with Crippen molar-refractivity contribution in [2.45, 2.75) is 125 Å². The van der Waals surface area contributed by atoms with Crippen LogP contribution in [-0.4, -0.2) is 29.4 Å². The number of nitrogens with two attached hydrogens (primary N) is 1. The van der Waals surface area contributed by atoms with Gasteiger partial charge in [-0.05, 0) is 104 Å². The van der Waals surface area contributed by atoms with Gasteiger partial charge < -0.3 is 15.8 Å². The van der Waals surface area contributed by atoms with Gasteiger partial charge in [0.1, 0.15) is 6.10 Å². The number of esters is 1. The first-order chi connectivity index (χ1) is 17.4. The van der Waals surface area contributed by atoms with Gasteiger partial charge in [-0.3, -0.25) is 9.59 Å². The van der Waals surface area contributed by atoms with E-state index in [4.69, 9.17) is 10.5 Å². The van der Waals surface area contributed by atoms with Crippen LogP contribution in [0.25, 0.3) is 0 Å². The highest BCUT2D eigenvalue weighted by molar-refractivity contribution is 5.95. The molecule has 4 fully saturated rings. The molecule has 0 aromatic heterocycles. The molecule has 0 aromatic carbocycles. The van der Waals surface area contributed by atoms with Crippen LogP contribution in [0.3, 0.4) is 0 Å². The number of nitrogens with one attached hydrogen (secondary N) is 1. The molecule has 5 rings (SSSR count). The van der Waals surface area contributed by atoms with E-state index in [0.717, 1.165) is 57.8 Å². The van der Waals surface area contributed by atoms with Gasteiger partial charge in [0.2, 0.25) is 0 Å². The van der Waals surface area contributed by atoms with Crippen molar-refractivity contribution in [3.63, 3.8) is 0 Å². The average Bonchev–Trinajstić information content (AvgIpc) is 2.78. The fourth-order valence-corrected chi connectivity index (χ4v) is 10.9. The topological polar surface area (TPSA) is 98.5 Å². The second-order valence-corrected chi connectivity index (χ2v) is 15.7. The van der Waals surface area contributed by atoms with Crippen LogP contribution in [0.5, 0.6) is 0 Å². The molecule has 3 N–H and O–H groups in total. The number of allylic oxidation sites excluding steroid dienone is 2. The van der Waals surface area contributed by atoms with Crippen molar-refractivity contribution in [1.29, 1.82) is 0 Å². The van der Waals surface area contributed by atoms with E-state index in [1.165, 1.54) is 12.5 Å². The Bertz CT molecular complexity index is 1100. The first-order valence-electron chi connectivity index (χ1n) is 14.9. The van der Waals surface area contributed by atoms with Crippen molar-refractivity contribution in [1.82, 2.24) is 5.32 Å². The van der Waals surface area contributed by atoms with Crippen LogP contribution in [0.2, 0.25) is 0 Å². The van der Waals surface area contributed by atoms with E-state index >= 15 is 0 Å². The molecule has 0 radical (unpaired) electrons. The van der Waals surface area contributed by atoms with E-state index in [2.05, 4.69) is 59.9 Å². The van der Waals surface area contributed by atoms with Crippen LogP contribution >= 0.6 is 0 Å². The third-order valence-electron chi connectivity index (χ3n) is 13.3. The van der Waals surface area contributed by atoms with Crippen LogP contribution in [0.15, 0.2) is 11.6 Å². The van der Waals surface area contributed by atoms with Crippen molar-refractivity contribution in [3.05, 3.63) is 11.6 Å². The Balaban J connectivity index is 1.56. The van der Waals surface area contributed by atoms with E-state index in [0.29, 0.717) is 11.7 Å². The van der Waals surface area contributed by atoms with Gasteiger partial charge in [0.15, 0.2) is 5.78 Å². The fraction of sp³-hybridized carbons (Fsp3) is 0.844. The lowest BCUT2D eigenvalue weighted by Gasteiger charge is -2.70. The number of fused-ring (bicyclic) bond motifs is 7. The number of rotatable bonds is 2. The van der Waals surface area contributed by atoms with E-state index in [9.17, 15) is 14.4 Å². The predicted octanol–water partition coefficient (Wildman–Crippen LogP) is 6.32. The monoisotopic (exact) mass is 526 g/mol. The lowest BCUT2D eigenvalue weighted by atomic mass is 9.34. The Morgan fingerprint density at radius 3 is 2.24 bits per heavy atom. The largest absolute Gasteiger partial charge is 0.462 e. The Kier molecular flexibility index (Phi) is 6.07. The number of carbonyl (C=O) groups excluding carboxylic acids is 3. The number of hydrogen-bond acceptors (Lipinski definition) is 4. The SMILES string of the molecule is CC(=O)O[C@H]1CC[C@]2(C)C3=CC(=O)[C@H]4[C@@H]5C[C@@](C)(NC(N)=O)CC[C@]5(C)CC[C@@]4(C)[C@]3(C)CC[C@H]2C1(C)C. The molecule has 5 aliphatic carbocycles. The van der Waals surface area contributed by atoms with Gasteiger partial charge in [-0.15, -0.1) is 0 Å². The van der Waals surface area contributed by atoms with Crippen molar-refractivity contribution in [2.75, 3.05) is 0 Å². The Labute approximate surface area is 229 Å². The zero-order valence-electron chi connectivity index (χ0n) is 25.0. The summed E-state index contributed by atoms with van der Waals surface area (Å²) in [4.78, 5) is 38.2. The molecule has 2 amide bonds. The molecule has 0 aliphatic heterocycles. The van der Waals surface area contributed by atoms with Crippen molar-refractivity contribution < 1.29 is 19.1 Å². The summed E-state index contributed by atoms with van der Waals surface area (Å²) in [6.45, 7) is 17.8. The minimum Gasteiger partial charge on any atom is -0.462 e. The highest BCUT2D eigenvalue weighted by atomic mass is 16.5. The van der Waals surface area contributed by atoms with Gasteiger partial charge in [0.05, 0.1) is 0 Å². The minimum absolute atomic E-state index is 0.0464. The van der Waals surface area contributed by atoms with Gasteiger partial charge in [-0.2, -0.15) is 0 Å². The summed E-state index contributed by atoms with van der Waals surface area (Å²) in [5, 5.41) is 3.04. The summed E-state index contributed by atoms with van der Waals surface area (Å²) < 4.78 is 5.84. The summed E-state index contributed by atoms with van der Waals surface area (Å²) >= 11 is 0. The van der Waals surface area contributed by atoms with E-state index in [1.807, 2.05) is 0 Å². The molecule has 0 unspecified atom stereocenters. The first kappa shape index (κ1) is 27.7. The number of primary amides is 1. The van der Waals surface area contributed by atoms with Gasteiger partial charge >= 0.3 is 12.0 Å². The summed E-state index contributed by atoms with van der Waals surface area (Å²) in [6, 6.07) is -0.475. The molecular formula is C32H50N2O4. The molecule has 0 spiro atoms. The lowest BCUT2D eigenvalue weighted by Crippen LogP contribution is -2.66. The molecule has 9 atom stereocenters. The molecule has 212 valence electrons. The Morgan fingerprint density at radius 2 is 1.61 bits per heavy atom. The van der Waals surface area contributed by atoms with Gasteiger partial charge in [0, 0.05) is 23.8 Å². The zero-order chi connectivity index (χ0) is 28.1. The normalized spacial score (nSPS) is 49.4. The first-order valence-corrected chi connectivity index (χ1v) is 14.9. The molecule has 0 heterocycles. The highest BCUT2D eigenvalue weighted by Crippen LogP contribution is 2.74. The maximum atomic E-state index is 14.4. The Hall–Kier alpha value is -1.85. The fourth-order valence-electron chi connectivity index (χ4n) is 10.9. The zero-order valence-corrected chi connectivity index (χ0v) is 25.0. The molecule has 4 saturated carbocycles.